The van der Waals surface area contributed by atoms with Crippen LogP contribution in [-0.4, -0.2) is 11.7 Å². The van der Waals surface area contributed by atoms with Crippen molar-refractivity contribution >= 4 is 17.4 Å². The van der Waals surface area contributed by atoms with Crippen molar-refractivity contribution in [1.29, 1.82) is 0 Å². The highest BCUT2D eigenvalue weighted by atomic mass is 16.1. The SMILES string of the molecule is C=CC(=O)Nc1ccc(C(C)C)cc1C(C)=O. The number of hydrogen-bond acceptors (Lipinski definition) is 2. The molecule has 0 radical (unpaired) electrons. The first-order valence-corrected chi connectivity index (χ1v) is 5.54. The van der Waals surface area contributed by atoms with Crippen LogP contribution in [0.3, 0.4) is 0 Å². The number of ketones is 1. The van der Waals surface area contributed by atoms with Crippen molar-refractivity contribution in [3.05, 3.63) is 42.0 Å². The zero-order valence-electron chi connectivity index (χ0n) is 10.4. The summed E-state index contributed by atoms with van der Waals surface area (Å²) in [5, 5.41) is 2.63. The minimum absolute atomic E-state index is 0.0631. The maximum Gasteiger partial charge on any atom is 0.247 e. The average Bonchev–Trinajstić information content (AvgIpc) is 2.28. The molecule has 1 N–H and O–H groups in total. The van der Waals surface area contributed by atoms with E-state index >= 15 is 0 Å². The van der Waals surface area contributed by atoms with Crippen molar-refractivity contribution in [3.8, 4) is 0 Å². The summed E-state index contributed by atoms with van der Waals surface area (Å²) in [7, 11) is 0. The molecule has 0 unspecified atom stereocenters. The van der Waals surface area contributed by atoms with Gasteiger partial charge < -0.3 is 5.32 Å². The van der Waals surface area contributed by atoms with Crippen LogP contribution in [0.5, 0.6) is 0 Å². The van der Waals surface area contributed by atoms with Gasteiger partial charge in [-0.25, -0.2) is 0 Å². The topological polar surface area (TPSA) is 46.2 Å². The van der Waals surface area contributed by atoms with E-state index < -0.39 is 0 Å². The first-order chi connectivity index (χ1) is 7.95. The summed E-state index contributed by atoms with van der Waals surface area (Å²) in [4.78, 5) is 22.8. The Hall–Kier alpha value is -1.90. The van der Waals surface area contributed by atoms with Crippen LogP contribution in [0.25, 0.3) is 0 Å². The number of benzene rings is 1. The molecule has 1 aromatic rings. The molecule has 1 amide bonds. The lowest BCUT2D eigenvalue weighted by Crippen LogP contribution is -2.11. The highest BCUT2D eigenvalue weighted by molar-refractivity contribution is 6.06. The zero-order valence-corrected chi connectivity index (χ0v) is 10.4. The average molecular weight is 231 g/mol. The maximum absolute atomic E-state index is 11.5. The van der Waals surface area contributed by atoms with Crippen molar-refractivity contribution in [3.63, 3.8) is 0 Å². The second-order valence-corrected chi connectivity index (χ2v) is 4.21. The predicted molar refractivity (Wildman–Crippen MR) is 69.4 cm³/mol. The molecule has 0 aliphatic heterocycles. The Morgan fingerprint density at radius 3 is 2.47 bits per heavy atom. The van der Waals surface area contributed by atoms with E-state index in [1.54, 1.807) is 6.07 Å². The smallest absolute Gasteiger partial charge is 0.247 e. The van der Waals surface area contributed by atoms with Crippen molar-refractivity contribution in [2.75, 3.05) is 5.32 Å². The summed E-state index contributed by atoms with van der Waals surface area (Å²) in [6.07, 6.45) is 1.18. The van der Waals surface area contributed by atoms with Crippen LogP contribution in [0.2, 0.25) is 0 Å². The number of nitrogens with one attached hydrogen (secondary N) is 1. The van der Waals surface area contributed by atoms with Gasteiger partial charge in [-0.1, -0.05) is 26.5 Å². The van der Waals surface area contributed by atoms with Gasteiger partial charge in [-0.05, 0) is 36.6 Å². The number of hydrogen-bond donors (Lipinski definition) is 1. The first kappa shape index (κ1) is 13.2. The molecule has 0 atom stereocenters. The molecular weight excluding hydrogens is 214 g/mol. The molecule has 90 valence electrons. The third-order valence-electron chi connectivity index (χ3n) is 2.53. The minimum atomic E-state index is -0.315. The van der Waals surface area contributed by atoms with Crippen LogP contribution >= 0.6 is 0 Å². The van der Waals surface area contributed by atoms with Gasteiger partial charge in [0.25, 0.3) is 0 Å². The van der Waals surface area contributed by atoms with Gasteiger partial charge >= 0.3 is 0 Å². The molecule has 0 heterocycles. The Balaban J connectivity index is 3.17. The molecule has 0 saturated carbocycles. The molecular formula is C14H17NO2. The van der Waals surface area contributed by atoms with Crippen LogP contribution < -0.4 is 5.32 Å². The number of carbonyl (C=O) groups excluding carboxylic acids is 2. The number of Topliss-reactive ketones (excluding diaryl/α,β-unsaturated/α-hetero) is 1. The van der Waals surface area contributed by atoms with Crippen LogP contribution in [0.4, 0.5) is 5.69 Å². The molecule has 0 saturated heterocycles. The van der Waals surface area contributed by atoms with Crippen molar-refractivity contribution < 1.29 is 9.59 Å². The van der Waals surface area contributed by atoms with Crippen LogP contribution in [0.1, 0.15) is 42.6 Å². The van der Waals surface area contributed by atoms with Crippen LogP contribution in [-0.2, 0) is 4.79 Å². The van der Waals surface area contributed by atoms with Gasteiger partial charge in [0.05, 0.1) is 5.69 Å². The lowest BCUT2D eigenvalue weighted by Gasteiger charge is -2.12. The monoisotopic (exact) mass is 231 g/mol. The normalized spacial score (nSPS) is 10.1. The quantitative estimate of drug-likeness (QED) is 0.639. The van der Waals surface area contributed by atoms with Crippen molar-refractivity contribution in [2.45, 2.75) is 26.7 Å². The summed E-state index contributed by atoms with van der Waals surface area (Å²) < 4.78 is 0. The van der Waals surface area contributed by atoms with E-state index in [1.807, 2.05) is 12.1 Å². The number of amides is 1. The molecule has 17 heavy (non-hydrogen) atoms. The Kier molecular flexibility index (Phi) is 4.21. The van der Waals surface area contributed by atoms with E-state index in [2.05, 4.69) is 25.7 Å². The molecule has 0 aromatic heterocycles. The van der Waals surface area contributed by atoms with Crippen molar-refractivity contribution in [1.82, 2.24) is 0 Å². The van der Waals surface area contributed by atoms with E-state index in [0.29, 0.717) is 17.2 Å². The molecule has 0 aliphatic rings. The number of rotatable bonds is 4. The summed E-state index contributed by atoms with van der Waals surface area (Å²) in [6, 6.07) is 5.50. The van der Waals surface area contributed by atoms with Crippen molar-refractivity contribution in [2.24, 2.45) is 0 Å². The van der Waals surface area contributed by atoms with Gasteiger partial charge in [0, 0.05) is 5.56 Å². The van der Waals surface area contributed by atoms with Crippen LogP contribution in [0, 0.1) is 0 Å². The Labute approximate surface area is 102 Å². The molecule has 0 bridgehead atoms. The number of carbonyl (C=O) groups is 2. The fourth-order valence-electron chi connectivity index (χ4n) is 1.51. The summed E-state index contributed by atoms with van der Waals surface area (Å²) >= 11 is 0. The Morgan fingerprint density at radius 2 is 2.00 bits per heavy atom. The summed E-state index contributed by atoms with van der Waals surface area (Å²) in [5.41, 5.74) is 2.14. The van der Waals surface area contributed by atoms with E-state index in [0.717, 1.165) is 5.56 Å². The van der Waals surface area contributed by atoms with Crippen LogP contribution in [0.15, 0.2) is 30.9 Å². The Morgan fingerprint density at radius 1 is 1.35 bits per heavy atom. The molecule has 0 fully saturated rings. The lowest BCUT2D eigenvalue weighted by molar-refractivity contribution is -0.111. The highest BCUT2D eigenvalue weighted by Crippen LogP contribution is 2.23. The predicted octanol–water partition coefficient (Wildman–Crippen LogP) is 3.14. The molecule has 0 spiro atoms. The first-order valence-electron chi connectivity index (χ1n) is 5.54. The summed E-state index contributed by atoms with van der Waals surface area (Å²) in [5.74, 6) is -0.0334. The third-order valence-corrected chi connectivity index (χ3v) is 2.53. The van der Waals surface area contributed by atoms with Gasteiger partial charge in [-0.3, -0.25) is 9.59 Å². The third kappa shape index (κ3) is 3.28. The minimum Gasteiger partial charge on any atom is -0.322 e. The van der Waals surface area contributed by atoms with Gasteiger partial charge in [-0.2, -0.15) is 0 Å². The van der Waals surface area contributed by atoms with E-state index in [9.17, 15) is 9.59 Å². The molecule has 1 rings (SSSR count). The molecule has 3 heteroatoms. The van der Waals surface area contributed by atoms with Gasteiger partial charge in [0.1, 0.15) is 0 Å². The second kappa shape index (κ2) is 5.43. The maximum atomic E-state index is 11.5. The fraction of sp³-hybridized carbons (Fsp3) is 0.286. The lowest BCUT2D eigenvalue weighted by atomic mass is 9.98. The fourth-order valence-corrected chi connectivity index (χ4v) is 1.51. The van der Waals surface area contributed by atoms with E-state index in [-0.39, 0.29) is 11.7 Å². The molecule has 1 aromatic carbocycles. The number of anilines is 1. The van der Waals surface area contributed by atoms with Gasteiger partial charge in [0.15, 0.2) is 5.78 Å². The zero-order chi connectivity index (χ0) is 13.0. The summed E-state index contributed by atoms with van der Waals surface area (Å²) in [6.45, 7) is 8.98. The largest absolute Gasteiger partial charge is 0.322 e. The molecule has 0 aliphatic carbocycles. The highest BCUT2D eigenvalue weighted by Gasteiger charge is 2.11. The van der Waals surface area contributed by atoms with Gasteiger partial charge in [0.2, 0.25) is 5.91 Å². The second-order valence-electron chi connectivity index (χ2n) is 4.21. The van der Waals surface area contributed by atoms with Gasteiger partial charge in [-0.15, -0.1) is 0 Å². The van der Waals surface area contributed by atoms with E-state index in [4.69, 9.17) is 0 Å². The molecule has 3 nitrogen and oxygen atoms in total. The standard InChI is InChI=1S/C14H17NO2/c1-5-14(17)15-13-7-6-11(9(2)3)8-12(13)10(4)16/h5-9H,1H2,2-4H3,(H,15,17). The van der Waals surface area contributed by atoms with E-state index in [1.165, 1.54) is 13.0 Å². The Bertz CT molecular complexity index is 461.